The number of nitrogens with one attached hydrogen (secondary N) is 4. The van der Waals surface area contributed by atoms with E-state index < -0.39 is 41.2 Å². The minimum Gasteiger partial charge on any atom is -0.481 e. The van der Waals surface area contributed by atoms with Gasteiger partial charge in [0.05, 0.1) is 31.7 Å². The highest BCUT2D eigenvalue weighted by Crippen LogP contribution is 2.38. The number of carboxylic acids is 1. The third-order valence-corrected chi connectivity index (χ3v) is 5.37. The van der Waals surface area contributed by atoms with Crippen LogP contribution in [0.5, 0.6) is 0 Å². The molecule has 0 heterocycles. The van der Waals surface area contributed by atoms with E-state index in [0.717, 1.165) is 12.0 Å². The molecule has 7 N–H and O–H groups in total. The molecule has 0 unspecified atom stereocenters. The van der Waals surface area contributed by atoms with Crippen LogP contribution in [0.2, 0.25) is 0 Å². The summed E-state index contributed by atoms with van der Waals surface area (Å²) < 4.78 is 5.56. The number of hydrogen-bond acceptors (Lipinski definition) is 7. The van der Waals surface area contributed by atoms with Crippen LogP contribution in [0.4, 0.5) is 0 Å². The van der Waals surface area contributed by atoms with Crippen LogP contribution < -0.4 is 27.0 Å². The summed E-state index contributed by atoms with van der Waals surface area (Å²) in [5.74, 6) is -3.17. The molecule has 1 aliphatic rings. The van der Waals surface area contributed by atoms with Crippen LogP contribution >= 0.6 is 0 Å². The Labute approximate surface area is 197 Å². The van der Waals surface area contributed by atoms with Gasteiger partial charge in [-0.05, 0) is 24.8 Å². The molecule has 0 saturated heterocycles. The van der Waals surface area contributed by atoms with Gasteiger partial charge in [0.25, 0.3) is 0 Å². The number of rotatable bonds is 14. The van der Waals surface area contributed by atoms with Gasteiger partial charge in [0.15, 0.2) is 0 Å². The van der Waals surface area contributed by atoms with Crippen molar-refractivity contribution in [1.82, 2.24) is 21.3 Å². The summed E-state index contributed by atoms with van der Waals surface area (Å²) >= 11 is 0. The Hall–Kier alpha value is -3.51. The van der Waals surface area contributed by atoms with Crippen LogP contribution in [-0.2, 0) is 35.1 Å². The Morgan fingerprint density at radius 3 is 2.24 bits per heavy atom. The van der Waals surface area contributed by atoms with Crippen molar-refractivity contribution in [1.29, 1.82) is 0 Å². The largest absolute Gasteiger partial charge is 0.481 e. The Kier molecular flexibility index (Phi) is 10.4. The maximum atomic E-state index is 12.7. The normalized spacial score (nSPS) is 14.7. The van der Waals surface area contributed by atoms with Gasteiger partial charge in [0.2, 0.25) is 23.6 Å². The molecule has 1 fully saturated rings. The fourth-order valence-corrected chi connectivity index (χ4v) is 3.40. The number of ether oxygens (including phenoxy) is 1. The van der Waals surface area contributed by atoms with Crippen molar-refractivity contribution in [3.8, 4) is 0 Å². The molecule has 1 atom stereocenters. The predicted molar refractivity (Wildman–Crippen MR) is 120 cm³/mol. The lowest BCUT2D eigenvalue weighted by atomic mass is 9.77. The van der Waals surface area contributed by atoms with E-state index in [9.17, 15) is 24.0 Å². The SMILES string of the molecule is NCC(=O)NCC(=O)N[C@@H](Cc1ccccc1)C(=O)NCC(=O)NCOC1(CC(=O)O)CCC1. The Morgan fingerprint density at radius 1 is 0.971 bits per heavy atom. The first-order valence-corrected chi connectivity index (χ1v) is 10.9. The Balaban J connectivity index is 1.84. The second-order valence-electron chi connectivity index (χ2n) is 8.00. The van der Waals surface area contributed by atoms with Gasteiger partial charge in [0.1, 0.15) is 12.8 Å². The minimum absolute atomic E-state index is 0.133. The lowest BCUT2D eigenvalue weighted by Crippen LogP contribution is -2.52. The third kappa shape index (κ3) is 9.16. The quantitative estimate of drug-likeness (QED) is 0.173. The summed E-state index contributed by atoms with van der Waals surface area (Å²) in [5, 5.41) is 18.8. The molecule has 1 aliphatic carbocycles. The lowest BCUT2D eigenvalue weighted by Gasteiger charge is -2.40. The van der Waals surface area contributed by atoms with E-state index in [2.05, 4.69) is 21.3 Å². The topological polar surface area (TPSA) is 189 Å². The molecule has 1 saturated carbocycles. The smallest absolute Gasteiger partial charge is 0.306 e. The van der Waals surface area contributed by atoms with E-state index in [-0.39, 0.29) is 39.2 Å². The van der Waals surface area contributed by atoms with Crippen molar-refractivity contribution in [2.45, 2.75) is 43.7 Å². The highest BCUT2D eigenvalue weighted by atomic mass is 16.5. The summed E-state index contributed by atoms with van der Waals surface area (Å²) in [6.07, 6.45) is 2.12. The Bertz CT molecular complexity index is 874. The molecule has 1 aromatic carbocycles. The van der Waals surface area contributed by atoms with E-state index in [1.54, 1.807) is 24.3 Å². The van der Waals surface area contributed by atoms with Gasteiger partial charge in [0, 0.05) is 6.42 Å². The van der Waals surface area contributed by atoms with Crippen molar-refractivity contribution in [2.75, 3.05) is 26.4 Å². The van der Waals surface area contributed by atoms with Crippen molar-refractivity contribution in [3.05, 3.63) is 35.9 Å². The molecule has 0 radical (unpaired) electrons. The number of carboxylic acid groups (broad SMARTS) is 1. The molecule has 4 amide bonds. The molecule has 12 heteroatoms. The first-order valence-electron chi connectivity index (χ1n) is 10.9. The third-order valence-electron chi connectivity index (χ3n) is 5.37. The summed E-state index contributed by atoms with van der Waals surface area (Å²) in [6, 6.07) is 8.00. The van der Waals surface area contributed by atoms with Crippen molar-refractivity contribution >= 4 is 29.6 Å². The number of carbonyl (C=O) groups is 5. The first kappa shape index (κ1) is 26.7. The molecule has 186 valence electrons. The van der Waals surface area contributed by atoms with Gasteiger partial charge in [-0.25, -0.2) is 0 Å². The van der Waals surface area contributed by atoms with Gasteiger partial charge < -0.3 is 36.8 Å². The van der Waals surface area contributed by atoms with Crippen LogP contribution in [0.3, 0.4) is 0 Å². The maximum absolute atomic E-state index is 12.7. The minimum atomic E-state index is -0.984. The van der Waals surface area contributed by atoms with E-state index in [4.69, 9.17) is 15.6 Å². The average molecular weight is 478 g/mol. The second kappa shape index (κ2) is 13.3. The van der Waals surface area contributed by atoms with Crippen molar-refractivity contribution in [3.63, 3.8) is 0 Å². The summed E-state index contributed by atoms with van der Waals surface area (Å²) in [7, 11) is 0. The van der Waals surface area contributed by atoms with E-state index in [1.807, 2.05) is 6.07 Å². The lowest BCUT2D eigenvalue weighted by molar-refractivity contribution is -0.156. The zero-order valence-corrected chi connectivity index (χ0v) is 18.8. The van der Waals surface area contributed by atoms with Gasteiger partial charge in [-0.2, -0.15) is 0 Å². The van der Waals surface area contributed by atoms with Crippen molar-refractivity contribution in [2.24, 2.45) is 5.73 Å². The van der Waals surface area contributed by atoms with Gasteiger partial charge in [-0.3, -0.25) is 24.0 Å². The molecule has 0 aromatic heterocycles. The van der Waals surface area contributed by atoms with Gasteiger partial charge in [-0.15, -0.1) is 0 Å². The van der Waals surface area contributed by atoms with Crippen LogP contribution in [0.1, 0.15) is 31.2 Å². The summed E-state index contributed by atoms with van der Waals surface area (Å²) in [4.78, 5) is 59.2. The molecule has 0 bridgehead atoms. The van der Waals surface area contributed by atoms with Crippen LogP contribution in [-0.4, -0.2) is 72.7 Å². The molecule has 34 heavy (non-hydrogen) atoms. The Morgan fingerprint density at radius 2 is 1.65 bits per heavy atom. The van der Waals surface area contributed by atoms with Gasteiger partial charge >= 0.3 is 5.97 Å². The van der Waals surface area contributed by atoms with E-state index in [1.165, 1.54) is 0 Å². The van der Waals surface area contributed by atoms with E-state index in [0.29, 0.717) is 12.8 Å². The summed E-state index contributed by atoms with van der Waals surface area (Å²) in [5.41, 5.74) is 5.22. The van der Waals surface area contributed by atoms with Gasteiger partial charge in [-0.1, -0.05) is 30.3 Å². The number of carbonyl (C=O) groups excluding carboxylic acids is 4. The molecular formula is C22H31N5O7. The highest BCUT2D eigenvalue weighted by Gasteiger charge is 2.40. The highest BCUT2D eigenvalue weighted by molar-refractivity contribution is 5.92. The molecular weight excluding hydrogens is 446 g/mol. The van der Waals surface area contributed by atoms with E-state index >= 15 is 0 Å². The number of benzene rings is 1. The number of hydrogen-bond donors (Lipinski definition) is 6. The molecule has 0 spiro atoms. The first-order chi connectivity index (χ1) is 16.2. The number of nitrogens with two attached hydrogens (primary N) is 1. The zero-order valence-electron chi connectivity index (χ0n) is 18.8. The standard InChI is InChI=1S/C22H31N5O7/c23-11-17(28)24-13-19(30)27-16(9-15-5-2-1-3-6-15)21(33)25-12-18(29)26-14-34-22(7-4-8-22)10-20(31)32/h1-3,5-6,16H,4,7-14,23H2,(H,24,28)(H,25,33)(H,26,29)(H,27,30)(H,31,32)/t16-/m0/s1. The maximum Gasteiger partial charge on any atom is 0.306 e. The van der Waals surface area contributed by atoms with Crippen LogP contribution in [0.25, 0.3) is 0 Å². The van der Waals surface area contributed by atoms with Crippen molar-refractivity contribution < 1.29 is 33.8 Å². The second-order valence-corrected chi connectivity index (χ2v) is 8.00. The molecule has 0 aliphatic heterocycles. The number of aliphatic carboxylic acids is 1. The average Bonchev–Trinajstić information content (AvgIpc) is 2.79. The summed E-state index contributed by atoms with van der Waals surface area (Å²) in [6.45, 7) is -1.14. The molecule has 1 aromatic rings. The zero-order chi connectivity index (χ0) is 25.0. The fraction of sp³-hybridized carbons (Fsp3) is 0.500. The number of amides is 4. The predicted octanol–water partition coefficient (Wildman–Crippen LogP) is -1.61. The monoisotopic (exact) mass is 477 g/mol. The van der Waals surface area contributed by atoms with Crippen LogP contribution in [0, 0.1) is 0 Å². The fourth-order valence-electron chi connectivity index (χ4n) is 3.40. The molecule has 12 nitrogen and oxygen atoms in total. The molecule has 2 rings (SSSR count). The van der Waals surface area contributed by atoms with Crippen LogP contribution in [0.15, 0.2) is 30.3 Å².